The molecule has 0 fully saturated rings. The van der Waals surface area contributed by atoms with Gasteiger partial charge in [-0.25, -0.2) is 19.0 Å². The Morgan fingerprint density at radius 1 is 1.37 bits per heavy atom. The van der Waals surface area contributed by atoms with Crippen molar-refractivity contribution in [2.45, 2.75) is 0 Å². The number of hydrogen-bond acceptors (Lipinski definition) is 5. The van der Waals surface area contributed by atoms with Crippen LogP contribution in [0.5, 0.6) is 5.75 Å². The van der Waals surface area contributed by atoms with Crippen LogP contribution < -0.4 is 5.73 Å². The largest absolute Gasteiger partial charge is 0.507 e. The van der Waals surface area contributed by atoms with Gasteiger partial charge >= 0.3 is 0 Å². The van der Waals surface area contributed by atoms with E-state index < -0.39 is 5.82 Å². The maximum Gasteiger partial charge on any atom is 0.179 e. The van der Waals surface area contributed by atoms with E-state index in [1.54, 1.807) is 7.05 Å². The Labute approximate surface area is 107 Å². The number of benzene rings is 1. The molecule has 0 aliphatic rings. The number of phenolic OH excluding ortho intramolecular Hbond substituents is 1. The summed E-state index contributed by atoms with van der Waals surface area (Å²) in [6, 6.07) is 4.06. The van der Waals surface area contributed by atoms with Crippen LogP contribution in [0.25, 0.3) is 22.4 Å². The van der Waals surface area contributed by atoms with Gasteiger partial charge in [0.25, 0.3) is 0 Å². The van der Waals surface area contributed by atoms with Gasteiger partial charge in [0.05, 0.1) is 17.5 Å². The molecule has 0 saturated carbocycles. The van der Waals surface area contributed by atoms with E-state index >= 15 is 0 Å². The minimum Gasteiger partial charge on any atom is -0.507 e. The Hall–Kier alpha value is -2.70. The summed E-state index contributed by atoms with van der Waals surface area (Å²) < 4.78 is 15.2. The van der Waals surface area contributed by atoms with Gasteiger partial charge in [-0.1, -0.05) is 6.07 Å². The fourth-order valence-corrected chi connectivity index (χ4v) is 1.93. The topological polar surface area (TPSA) is 89.9 Å². The summed E-state index contributed by atoms with van der Waals surface area (Å²) in [4.78, 5) is 8.36. The molecule has 2 aromatic heterocycles. The third kappa shape index (κ3) is 1.67. The Bertz CT molecular complexity index is 763. The van der Waals surface area contributed by atoms with E-state index in [9.17, 15) is 9.50 Å². The first-order chi connectivity index (χ1) is 9.08. The number of hydrogen-bond donors (Lipinski definition) is 2. The summed E-state index contributed by atoms with van der Waals surface area (Å²) in [5, 5.41) is 13.7. The van der Waals surface area contributed by atoms with Gasteiger partial charge in [-0.3, -0.25) is 0 Å². The SMILES string of the molecule is Cn1nc(N)c2ncc(-c3c(O)cccc3F)nc21. The van der Waals surface area contributed by atoms with Crippen molar-refractivity contribution in [1.82, 2.24) is 19.7 Å². The lowest BCUT2D eigenvalue weighted by Gasteiger charge is -2.05. The molecule has 6 nitrogen and oxygen atoms in total. The highest BCUT2D eigenvalue weighted by Crippen LogP contribution is 2.31. The van der Waals surface area contributed by atoms with E-state index in [0.717, 1.165) is 0 Å². The summed E-state index contributed by atoms with van der Waals surface area (Å²) in [6.07, 6.45) is 1.36. The van der Waals surface area contributed by atoms with Crippen LogP contribution in [0.15, 0.2) is 24.4 Å². The van der Waals surface area contributed by atoms with E-state index in [1.165, 1.54) is 29.1 Å². The zero-order valence-electron chi connectivity index (χ0n) is 10.0. The number of aromatic nitrogens is 4. The molecule has 0 aliphatic carbocycles. The second kappa shape index (κ2) is 3.91. The molecule has 0 aliphatic heterocycles. The van der Waals surface area contributed by atoms with Crippen molar-refractivity contribution in [3.8, 4) is 17.0 Å². The smallest absolute Gasteiger partial charge is 0.179 e. The first-order valence-corrected chi connectivity index (χ1v) is 5.51. The second-order valence-electron chi connectivity index (χ2n) is 4.07. The minimum atomic E-state index is -0.566. The molecule has 0 radical (unpaired) electrons. The van der Waals surface area contributed by atoms with Crippen LogP contribution in [0.4, 0.5) is 10.2 Å². The number of halogens is 1. The summed E-state index contributed by atoms with van der Waals surface area (Å²) in [5.41, 5.74) is 6.78. The fraction of sp³-hybridized carbons (Fsp3) is 0.0833. The van der Waals surface area contributed by atoms with E-state index in [0.29, 0.717) is 11.2 Å². The van der Waals surface area contributed by atoms with Crippen molar-refractivity contribution in [2.75, 3.05) is 5.73 Å². The molecular formula is C12H10FN5O. The fourth-order valence-electron chi connectivity index (χ4n) is 1.93. The van der Waals surface area contributed by atoms with Crippen LogP contribution in [0.2, 0.25) is 0 Å². The van der Waals surface area contributed by atoms with Crippen molar-refractivity contribution >= 4 is 17.0 Å². The molecule has 0 saturated heterocycles. The highest BCUT2D eigenvalue weighted by molar-refractivity contribution is 5.84. The van der Waals surface area contributed by atoms with Crippen LogP contribution in [-0.2, 0) is 7.05 Å². The van der Waals surface area contributed by atoms with Gasteiger partial charge in [0.15, 0.2) is 17.0 Å². The maximum absolute atomic E-state index is 13.8. The highest BCUT2D eigenvalue weighted by Gasteiger charge is 2.15. The first-order valence-electron chi connectivity index (χ1n) is 5.51. The van der Waals surface area contributed by atoms with E-state index in [-0.39, 0.29) is 22.8 Å². The van der Waals surface area contributed by atoms with Gasteiger partial charge in [-0.05, 0) is 12.1 Å². The number of nitrogens with two attached hydrogens (primary N) is 1. The predicted molar refractivity (Wildman–Crippen MR) is 67.8 cm³/mol. The number of phenols is 1. The molecule has 1 aromatic carbocycles. The quantitative estimate of drug-likeness (QED) is 0.690. The number of rotatable bonds is 1. The van der Waals surface area contributed by atoms with Crippen molar-refractivity contribution in [1.29, 1.82) is 0 Å². The monoisotopic (exact) mass is 259 g/mol. The van der Waals surface area contributed by atoms with Crippen LogP contribution in [0, 0.1) is 5.82 Å². The maximum atomic E-state index is 13.8. The molecule has 0 amide bonds. The average Bonchev–Trinajstić information content (AvgIpc) is 2.65. The molecule has 3 aromatic rings. The number of fused-ring (bicyclic) bond motifs is 1. The third-order valence-corrected chi connectivity index (χ3v) is 2.81. The molecular weight excluding hydrogens is 249 g/mol. The molecule has 7 heteroatoms. The van der Waals surface area contributed by atoms with E-state index in [4.69, 9.17) is 5.73 Å². The molecule has 3 N–H and O–H groups in total. The number of nitrogen functional groups attached to an aromatic ring is 1. The number of aryl methyl sites for hydroxylation is 1. The van der Waals surface area contributed by atoms with Gasteiger partial charge < -0.3 is 10.8 Å². The number of aromatic hydroxyl groups is 1. The van der Waals surface area contributed by atoms with Gasteiger partial charge in [0.2, 0.25) is 0 Å². The highest BCUT2D eigenvalue weighted by atomic mass is 19.1. The van der Waals surface area contributed by atoms with Crippen LogP contribution in [-0.4, -0.2) is 24.9 Å². The van der Waals surface area contributed by atoms with Gasteiger partial charge in [-0.15, -0.1) is 0 Å². The lowest BCUT2D eigenvalue weighted by molar-refractivity contribution is 0.471. The van der Waals surface area contributed by atoms with Gasteiger partial charge in [0, 0.05) is 7.05 Å². The molecule has 0 atom stereocenters. The predicted octanol–water partition coefficient (Wildman–Crippen LogP) is 1.46. The van der Waals surface area contributed by atoms with Crippen molar-refractivity contribution in [3.63, 3.8) is 0 Å². The van der Waals surface area contributed by atoms with Crippen LogP contribution in [0.1, 0.15) is 0 Å². The van der Waals surface area contributed by atoms with Gasteiger partial charge in [0.1, 0.15) is 11.6 Å². The summed E-state index contributed by atoms with van der Waals surface area (Å²) in [7, 11) is 1.67. The molecule has 2 heterocycles. The Balaban J connectivity index is 2.29. The van der Waals surface area contributed by atoms with Crippen molar-refractivity contribution < 1.29 is 9.50 Å². The average molecular weight is 259 g/mol. The Morgan fingerprint density at radius 3 is 2.89 bits per heavy atom. The molecule has 3 rings (SSSR count). The van der Waals surface area contributed by atoms with Crippen molar-refractivity contribution in [2.24, 2.45) is 7.05 Å². The number of anilines is 1. The standard InChI is InChI=1S/C12H10FN5O/c1-18-12-10(11(14)17-18)15-5-7(16-12)9-6(13)3-2-4-8(9)19/h2-5,19H,1H3,(H2,14,17). The summed E-state index contributed by atoms with van der Waals surface area (Å²) >= 11 is 0. The third-order valence-electron chi connectivity index (χ3n) is 2.81. The van der Waals surface area contributed by atoms with Crippen LogP contribution in [0.3, 0.4) is 0 Å². The molecule has 0 bridgehead atoms. The normalized spacial score (nSPS) is 11.1. The first kappa shape index (κ1) is 11.4. The molecule has 0 spiro atoms. The van der Waals surface area contributed by atoms with Crippen LogP contribution >= 0.6 is 0 Å². The summed E-state index contributed by atoms with van der Waals surface area (Å²) in [6.45, 7) is 0. The minimum absolute atomic E-state index is 0.0108. The molecule has 0 unspecified atom stereocenters. The van der Waals surface area contributed by atoms with E-state index in [1.807, 2.05) is 0 Å². The Kier molecular flexibility index (Phi) is 2.34. The van der Waals surface area contributed by atoms with E-state index in [2.05, 4.69) is 15.1 Å². The van der Waals surface area contributed by atoms with Crippen molar-refractivity contribution in [3.05, 3.63) is 30.2 Å². The lowest BCUT2D eigenvalue weighted by Crippen LogP contribution is -1.95. The molecule has 96 valence electrons. The second-order valence-corrected chi connectivity index (χ2v) is 4.07. The Morgan fingerprint density at radius 2 is 2.16 bits per heavy atom. The summed E-state index contributed by atoms with van der Waals surface area (Å²) in [5.74, 6) is -0.498. The zero-order chi connectivity index (χ0) is 13.6. The number of nitrogens with zero attached hydrogens (tertiary/aromatic N) is 4. The lowest BCUT2D eigenvalue weighted by atomic mass is 10.1. The van der Waals surface area contributed by atoms with Gasteiger partial charge in [-0.2, -0.15) is 5.10 Å². The molecule has 19 heavy (non-hydrogen) atoms. The zero-order valence-corrected chi connectivity index (χ0v) is 10.0.